The molecule has 0 aliphatic heterocycles. The maximum Gasteiger partial charge on any atom is 0.126 e. The fourth-order valence-corrected chi connectivity index (χ4v) is 2.53. The van der Waals surface area contributed by atoms with Crippen LogP contribution in [0.15, 0.2) is 12.1 Å². The summed E-state index contributed by atoms with van der Waals surface area (Å²) in [7, 11) is 3.71. The van der Waals surface area contributed by atoms with Gasteiger partial charge in [0.05, 0.1) is 19.3 Å². The van der Waals surface area contributed by atoms with Gasteiger partial charge in [-0.25, -0.2) is 0 Å². The van der Waals surface area contributed by atoms with Crippen LogP contribution in [-0.2, 0) is 4.74 Å². The predicted octanol–water partition coefficient (Wildman–Crippen LogP) is 3.39. The highest BCUT2D eigenvalue weighted by Gasteiger charge is 2.24. The van der Waals surface area contributed by atoms with E-state index in [4.69, 9.17) is 9.47 Å². The first-order chi connectivity index (χ1) is 9.10. The van der Waals surface area contributed by atoms with Crippen LogP contribution in [0.3, 0.4) is 0 Å². The molecule has 0 aliphatic rings. The molecule has 0 radical (unpaired) electrons. The second kappa shape index (κ2) is 7.51. The van der Waals surface area contributed by atoms with Crippen molar-refractivity contribution in [2.24, 2.45) is 0 Å². The van der Waals surface area contributed by atoms with Gasteiger partial charge in [0.25, 0.3) is 0 Å². The number of methoxy groups -OCH3 is 1. The molecule has 0 spiro atoms. The molecule has 2 unspecified atom stereocenters. The molecule has 3 nitrogen and oxygen atoms in total. The highest BCUT2D eigenvalue weighted by atomic mass is 16.5. The zero-order chi connectivity index (χ0) is 14.4. The smallest absolute Gasteiger partial charge is 0.126 e. The number of hydrogen-bond donors (Lipinski definition) is 1. The van der Waals surface area contributed by atoms with Gasteiger partial charge in [0, 0.05) is 12.2 Å². The molecule has 0 saturated heterocycles. The van der Waals surface area contributed by atoms with Gasteiger partial charge in [-0.3, -0.25) is 0 Å². The van der Waals surface area contributed by atoms with Crippen molar-refractivity contribution in [2.45, 2.75) is 46.3 Å². The third kappa shape index (κ3) is 3.48. The average Bonchev–Trinajstić information content (AvgIpc) is 2.42. The SMILES string of the molecule is CCOC(CC)C(NC)c1ccc(C)c(C)c1OC. The fraction of sp³-hybridized carbons (Fsp3) is 0.625. The summed E-state index contributed by atoms with van der Waals surface area (Å²) in [5.74, 6) is 0.970. The summed E-state index contributed by atoms with van der Waals surface area (Å²) in [6, 6.07) is 4.44. The molecule has 108 valence electrons. The normalized spacial score (nSPS) is 14.2. The Morgan fingerprint density at radius 2 is 1.89 bits per heavy atom. The van der Waals surface area contributed by atoms with Crippen molar-refractivity contribution in [3.63, 3.8) is 0 Å². The quantitative estimate of drug-likeness (QED) is 0.819. The number of rotatable bonds is 7. The Balaban J connectivity index is 3.20. The van der Waals surface area contributed by atoms with Gasteiger partial charge in [0.2, 0.25) is 0 Å². The summed E-state index contributed by atoms with van der Waals surface area (Å²) in [6.07, 6.45) is 1.13. The number of ether oxygens (including phenoxy) is 2. The molecular formula is C16H27NO2. The van der Waals surface area contributed by atoms with E-state index in [1.807, 2.05) is 14.0 Å². The van der Waals surface area contributed by atoms with Crippen LogP contribution < -0.4 is 10.1 Å². The van der Waals surface area contributed by atoms with Crippen molar-refractivity contribution < 1.29 is 9.47 Å². The maximum atomic E-state index is 5.85. The first-order valence-electron chi connectivity index (χ1n) is 7.03. The van der Waals surface area contributed by atoms with E-state index < -0.39 is 0 Å². The Morgan fingerprint density at radius 3 is 2.37 bits per heavy atom. The lowest BCUT2D eigenvalue weighted by atomic mass is 9.94. The molecule has 1 aromatic rings. The highest BCUT2D eigenvalue weighted by Crippen LogP contribution is 2.33. The summed E-state index contributed by atoms with van der Waals surface area (Å²) in [5.41, 5.74) is 3.62. The second-order valence-electron chi connectivity index (χ2n) is 4.80. The van der Waals surface area contributed by atoms with E-state index in [9.17, 15) is 0 Å². The lowest BCUT2D eigenvalue weighted by Crippen LogP contribution is -2.31. The summed E-state index contributed by atoms with van der Waals surface area (Å²) >= 11 is 0. The van der Waals surface area contributed by atoms with Crippen molar-refractivity contribution in [2.75, 3.05) is 20.8 Å². The van der Waals surface area contributed by atoms with Gasteiger partial charge >= 0.3 is 0 Å². The molecule has 0 amide bonds. The van der Waals surface area contributed by atoms with Crippen molar-refractivity contribution in [3.05, 3.63) is 28.8 Å². The van der Waals surface area contributed by atoms with Crippen LogP contribution in [-0.4, -0.2) is 26.9 Å². The Bertz CT molecular complexity index is 404. The maximum absolute atomic E-state index is 5.85. The number of nitrogens with one attached hydrogen (secondary N) is 1. The van der Waals surface area contributed by atoms with Gasteiger partial charge in [0.15, 0.2) is 0 Å². The van der Waals surface area contributed by atoms with E-state index in [2.05, 4.69) is 38.2 Å². The standard InChI is InChI=1S/C16H27NO2/c1-7-14(19-8-2)15(17-5)13-10-9-11(3)12(4)16(13)18-6/h9-10,14-15,17H,7-8H2,1-6H3. The van der Waals surface area contributed by atoms with Gasteiger partial charge in [0.1, 0.15) is 5.75 Å². The Kier molecular flexibility index (Phi) is 6.32. The van der Waals surface area contributed by atoms with Crippen molar-refractivity contribution in [1.29, 1.82) is 0 Å². The van der Waals surface area contributed by atoms with Crippen molar-refractivity contribution in [3.8, 4) is 5.75 Å². The largest absolute Gasteiger partial charge is 0.496 e. The van der Waals surface area contributed by atoms with Gasteiger partial charge in [-0.15, -0.1) is 0 Å². The zero-order valence-electron chi connectivity index (χ0n) is 13.0. The molecule has 1 rings (SSSR count). The van der Waals surface area contributed by atoms with Crippen LogP contribution in [0, 0.1) is 13.8 Å². The van der Waals surface area contributed by atoms with Crippen molar-refractivity contribution >= 4 is 0 Å². The predicted molar refractivity (Wildman–Crippen MR) is 80.0 cm³/mol. The number of hydrogen-bond acceptors (Lipinski definition) is 3. The molecule has 0 heterocycles. The van der Waals surface area contributed by atoms with E-state index in [0.717, 1.165) is 18.8 Å². The number of likely N-dealkylation sites (N-methyl/N-ethyl adjacent to an activating group) is 1. The fourth-order valence-electron chi connectivity index (χ4n) is 2.53. The monoisotopic (exact) mass is 265 g/mol. The van der Waals surface area contributed by atoms with Gasteiger partial charge < -0.3 is 14.8 Å². The molecule has 2 atom stereocenters. The summed E-state index contributed by atoms with van der Waals surface area (Å²) < 4.78 is 11.5. The van der Waals surface area contributed by atoms with Gasteiger partial charge in [-0.05, 0) is 45.4 Å². The molecular weight excluding hydrogens is 238 g/mol. The third-order valence-electron chi connectivity index (χ3n) is 3.71. The van der Waals surface area contributed by atoms with Crippen LogP contribution in [0.25, 0.3) is 0 Å². The van der Waals surface area contributed by atoms with Crippen LogP contribution >= 0.6 is 0 Å². The molecule has 1 aromatic carbocycles. The first-order valence-corrected chi connectivity index (χ1v) is 7.03. The average molecular weight is 265 g/mol. The van der Waals surface area contributed by atoms with Crippen LogP contribution in [0.2, 0.25) is 0 Å². The first kappa shape index (κ1) is 16.0. The minimum Gasteiger partial charge on any atom is -0.496 e. The van der Waals surface area contributed by atoms with E-state index in [0.29, 0.717) is 0 Å². The van der Waals surface area contributed by atoms with Crippen molar-refractivity contribution in [1.82, 2.24) is 5.32 Å². The summed E-state index contributed by atoms with van der Waals surface area (Å²) in [4.78, 5) is 0. The Morgan fingerprint density at radius 1 is 1.21 bits per heavy atom. The zero-order valence-corrected chi connectivity index (χ0v) is 13.0. The molecule has 3 heteroatoms. The number of aryl methyl sites for hydroxylation is 1. The highest BCUT2D eigenvalue weighted by molar-refractivity contribution is 5.47. The Hall–Kier alpha value is -1.06. The molecule has 0 bridgehead atoms. The third-order valence-corrected chi connectivity index (χ3v) is 3.71. The second-order valence-corrected chi connectivity index (χ2v) is 4.80. The van der Waals surface area contributed by atoms with Gasteiger partial charge in [-0.2, -0.15) is 0 Å². The van der Waals surface area contributed by atoms with Crippen LogP contribution in [0.4, 0.5) is 0 Å². The molecule has 0 fully saturated rings. The lowest BCUT2D eigenvalue weighted by Gasteiger charge is -2.28. The summed E-state index contributed by atoms with van der Waals surface area (Å²) in [6.45, 7) is 9.12. The lowest BCUT2D eigenvalue weighted by molar-refractivity contribution is 0.0328. The summed E-state index contributed by atoms with van der Waals surface area (Å²) in [5, 5.41) is 3.37. The van der Waals surface area contributed by atoms with Crippen LogP contribution in [0.5, 0.6) is 5.75 Å². The minimum atomic E-state index is 0.152. The minimum absolute atomic E-state index is 0.152. The van der Waals surface area contributed by atoms with Gasteiger partial charge in [-0.1, -0.05) is 19.1 Å². The molecule has 1 N–H and O–H groups in total. The Labute approximate surface area is 117 Å². The topological polar surface area (TPSA) is 30.5 Å². The van der Waals surface area contributed by atoms with E-state index in [1.165, 1.54) is 16.7 Å². The molecule has 19 heavy (non-hydrogen) atoms. The number of benzene rings is 1. The van der Waals surface area contributed by atoms with E-state index >= 15 is 0 Å². The molecule has 0 aliphatic carbocycles. The van der Waals surface area contributed by atoms with E-state index in [1.54, 1.807) is 7.11 Å². The van der Waals surface area contributed by atoms with Crippen LogP contribution in [0.1, 0.15) is 43.0 Å². The van der Waals surface area contributed by atoms with E-state index in [-0.39, 0.29) is 12.1 Å². The molecule has 0 saturated carbocycles. The molecule has 0 aromatic heterocycles.